The number of nitrogens with zero attached hydrogens (tertiary/aromatic N) is 2. The van der Waals surface area contributed by atoms with Crippen LogP contribution < -0.4 is 5.73 Å². The normalized spacial score (nSPS) is 22.2. The van der Waals surface area contributed by atoms with Crippen LogP contribution in [0.15, 0.2) is 5.16 Å². The molecule has 0 aliphatic carbocycles. The van der Waals surface area contributed by atoms with Gasteiger partial charge >= 0.3 is 0 Å². The maximum absolute atomic E-state index is 11.7. The fourth-order valence-electron chi connectivity index (χ4n) is 1.87. The molecule has 0 bridgehead atoms. The maximum atomic E-state index is 11.7. The van der Waals surface area contributed by atoms with Crippen LogP contribution in [0, 0.1) is 5.92 Å². The van der Waals surface area contributed by atoms with Gasteiger partial charge in [-0.1, -0.05) is 5.16 Å². The Balaban J connectivity index is 2.47. The third-order valence-corrected chi connectivity index (χ3v) is 2.83. The summed E-state index contributed by atoms with van der Waals surface area (Å²) < 4.78 is 4.86. The van der Waals surface area contributed by atoms with Crippen LogP contribution in [-0.2, 0) is 9.53 Å². The van der Waals surface area contributed by atoms with E-state index in [4.69, 9.17) is 15.7 Å². The summed E-state index contributed by atoms with van der Waals surface area (Å²) in [6, 6.07) is 0. The van der Waals surface area contributed by atoms with Crippen molar-refractivity contribution in [1.29, 1.82) is 0 Å². The maximum Gasteiger partial charge on any atom is 0.224 e. The third-order valence-electron chi connectivity index (χ3n) is 2.83. The first-order valence-corrected chi connectivity index (χ1v) is 5.43. The SMILES string of the molecule is COCCC(=O)N1CCCC(C(N)=NO)C1. The summed E-state index contributed by atoms with van der Waals surface area (Å²) in [5.74, 6) is 0.256. The zero-order chi connectivity index (χ0) is 12.0. The van der Waals surface area contributed by atoms with Gasteiger partial charge in [0.05, 0.1) is 13.0 Å². The van der Waals surface area contributed by atoms with Gasteiger partial charge in [-0.05, 0) is 12.8 Å². The number of oxime groups is 1. The second kappa shape index (κ2) is 6.32. The highest BCUT2D eigenvalue weighted by Gasteiger charge is 2.25. The van der Waals surface area contributed by atoms with Crippen molar-refractivity contribution in [2.45, 2.75) is 19.3 Å². The lowest BCUT2D eigenvalue weighted by molar-refractivity contribution is -0.133. The Bertz CT molecular complexity index is 268. The number of methoxy groups -OCH3 is 1. The molecule has 1 rings (SSSR count). The molecule has 16 heavy (non-hydrogen) atoms. The molecule has 0 spiro atoms. The number of carbonyl (C=O) groups excluding carboxylic acids is 1. The lowest BCUT2D eigenvalue weighted by atomic mass is 9.97. The molecule has 0 radical (unpaired) electrons. The molecule has 92 valence electrons. The Morgan fingerprint density at radius 3 is 3.06 bits per heavy atom. The van der Waals surface area contributed by atoms with Gasteiger partial charge < -0.3 is 20.6 Å². The van der Waals surface area contributed by atoms with E-state index in [9.17, 15) is 4.79 Å². The molecule has 0 aromatic carbocycles. The van der Waals surface area contributed by atoms with Gasteiger partial charge in [0, 0.05) is 26.1 Å². The van der Waals surface area contributed by atoms with Crippen LogP contribution in [0.4, 0.5) is 0 Å². The Kier molecular flexibility index (Phi) is 5.04. The predicted molar refractivity (Wildman–Crippen MR) is 59.2 cm³/mol. The molecule has 6 heteroatoms. The largest absolute Gasteiger partial charge is 0.409 e. The number of amidine groups is 1. The van der Waals surface area contributed by atoms with Gasteiger partial charge in [0.15, 0.2) is 0 Å². The van der Waals surface area contributed by atoms with E-state index in [-0.39, 0.29) is 17.7 Å². The van der Waals surface area contributed by atoms with Crippen molar-refractivity contribution >= 4 is 11.7 Å². The molecule has 1 atom stereocenters. The van der Waals surface area contributed by atoms with E-state index in [1.807, 2.05) is 0 Å². The monoisotopic (exact) mass is 229 g/mol. The van der Waals surface area contributed by atoms with Gasteiger partial charge in [-0.15, -0.1) is 0 Å². The molecule has 1 unspecified atom stereocenters. The molecule has 1 amide bonds. The van der Waals surface area contributed by atoms with E-state index in [0.717, 1.165) is 19.4 Å². The average molecular weight is 229 g/mol. The first kappa shape index (κ1) is 12.8. The summed E-state index contributed by atoms with van der Waals surface area (Å²) >= 11 is 0. The van der Waals surface area contributed by atoms with Gasteiger partial charge in [-0.2, -0.15) is 0 Å². The molecule has 3 N–H and O–H groups in total. The van der Waals surface area contributed by atoms with E-state index in [1.165, 1.54) is 0 Å². The highest BCUT2D eigenvalue weighted by Crippen LogP contribution is 2.17. The number of ether oxygens (including phenoxy) is 1. The van der Waals surface area contributed by atoms with Gasteiger partial charge in [-0.25, -0.2) is 0 Å². The second-order valence-corrected chi connectivity index (χ2v) is 3.95. The zero-order valence-electron chi connectivity index (χ0n) is 9.56. The molecule has 1 aliphatic rings. The highest BCUT2D eigenvalue weighted by molar-refractivity contribution is 5.84. The highest BCUT2D eigenvalue weighted by atomic mass is 16.5. The fourth-order valence-corrected chi connectivity index (χ4v) is 1.87. The minimum atomic E-state index is -0.0229. The Morgan fingerprint density at radius 1 is 1.69 bits per heavy atom. The van der Waals surface area contributed by atoms with E-state index < -0.39 is 0 Å². The summed E-state index contributed by atoms with van der Waals surface area (Å²) in [5.41, 5.74) is 5.55. The van der Waals surface area contributed by atoms with Crippen LogP contribution in [0.3, 0.4) is 0 Å². The average Bonchev–Trinajstić information content (AvgIpc) is 2.35. The van der Waals surface area contributed by atoms with Gasteiger partial charge in [0.1, 0.15) is 5.84 Å². The summed E-state index contributed by atoms with van der Waals surface area (Å²) in [6.07, 6.45) is 2.14. The number of rotatable bonds is 4. The van der Waals surface area contributed by atoms with Crippen molar-refractivity contribution in [3.05, 3.63) is 0 Å². The minimum Gasteiger partial charge on any atom is -0.409 e. The van der Waals surface area contributed by atoms with Gasteiger partial charge in [-0.3, -0.25) is 4.79 Å². The smallest absolute Gasteiger partial charge is 0.224 e. The number of hydrogen-bond acceptors (Lipinski definition) is 4. The van der Waals surface area contributed by atoms with Crippen molar-refractivity contribution in [1.82, 2.24) is 4.90 Å². The third kappa shape index (κ3) is 3.37. The van der Waals surface area contributed by atoms with Gasteiger partial charge in [0.2, 0.25) is 5.91 Å². The molecule has 1 fully saturated rings. The van der Waals surface area contributed by atoms with Crippen LogP contribution >= 0.6 is 0 Å². The summed E-state index contributed by atoms with van der Waals surface area (Å²) in [5, 5.41) is 11.6. The van der Waals surface area contributed by atoms with Crippen LogP contribution in [0.25, 0.3) is 0 Å². The summed E-state index contributed by atoms with van der Waals surface area (Å²) in [4.78, 5) is 13.5. The molecular formula is C10H19N3O3. The molecule has 0 saturated carbocycles. The quantitative estimate of drug-likeness (QED) is 0.307. The number of likely N-dealkylation sites (tertiary alicyclic amines) is 1. The van der Waals surface area contributed by atoms with Crippen molar-refractivity contribution in [2.75, 3.05) is 26.8 Å². The van der Waals surface area contributed by atoms with Crippen molar-refractivity contribution < 1.29 is 14.7 Å². The molecular weight excluding hydrogens is 210 g/mol. The summed E-state index contributed by atoms with van der Waals surface area (Å²) in [7, 11) is 1.57. The van der Waals surface area contributed by atoms with Crippen LogP contribution in [-0.4, -0.2) is 48.7 Å². The Labute approximate surface area is 95.0 Å². The summed E-state index contributed by atoms with van der Waals surface area (Å²) in [6.45, 7) is 1.72. The predicted octanol–water partition coefficient (Wildman–Crippen LogP) is 0.00790. The van der Waals surface area contributed by atoms with E-state index >= 15 is 0 Å². The van der Waals surface area contributed by atoms with E-state index in [0.29, 0.717) is 19.6 Å². The fraction of sp³-hybridized carbons (Fsp3) is 0.800. The van der Waals surface area contributed by atoms with Crippen molar-refractivity contribution in [2.24, 2.45) is 16.8 Å². The Hall–Kier alpha value is -1.30. The molecule has 1 heterocycles. The molecule has 6 nitrogen and oxygen atoms in total. The van der Waals surface area contributed by atoms with Crippen LogP contribution in [0.5, 0.6) is 0 Å². The second-order valence-electron chi connectivity index (χ2n) is 3.95. The van der Waals surface area contributed by atoms with Crippen LogP contribution in [0.2, 0.25) is 0 Å². The molecule has 0 aromatic heterocycles. The number of piperidine rings is 1. The number of amides is 1. The topological polar surface area (TPSA) is 88.2 Å². The van der Waals surface area contributed by atoms with E-state index in [2.05, 4.69) is 5.16 Å². The van der Waals surface area contributed by atoms with Crippen molar-refractivity contribution in [3.8, 4) is 0 Å². The van der Waals surface area contributed by atoms with E-state index in [1.54, 1.807) is 12.0 Å². The number of nitrogens with two attached hydrogens (primary N) is 1. The number of hydrogen-bond donors (Lipinski definition) is 2. The standard InChI is InChI=1S/C10H19N3O3/c1-16-6-4-9(14)13-5-2-3-8(7-13)10(11)12-15/h8,15H,2-7H2,1H3,(H2,11,12). The minimum absolute atomic E-state index is 0.0229. The number of carbonyl (C=O) groups is 1. The Morgan fingerprint density at radius 2 is 2.44 bits per heavy atom. The molecule has 1 aliphatic heterocycles. The lowest BCUT2D eigenvalue weighted by Crippen LogP contribution is -2.44. The van der Waals surface area contributed by atoms with Crippen molar-refractivity contribution in [3.63, 3.8) is 0 Å². The van der Waals surface area contributed by atoms with Crippen LogP contribution in [0.1, 0.15) is 19.3 Å². The zero-order valence-corrected chi connectivity index (χ0v) is 9.56. The first-order chi connectivity index (χ1) is 7.69. The lowest BCUT2D eigenvalue weighted by Gasteiger charge is -2.32. The van der Waals surface area contributed by atoms with Gasteiger partial charge in [0.25, 0.3) is 0 Å². The molecule has 1 saturated heterocycles. The first-order valence-electron chi connectivity index (χ1n) is 5.43. The molecule has 0 aromatic rings.